The van der Waals surface area contributed by atoms with Crippen molar-refractivity contribution in [3.63, 3.8) is 0 Å². The molecule has 1 aliphatic carbocycles. The molecular weight excluding hydrogens is 534 g/mol. The number of imidazole rings is 1. The van der Waals surface area contributed by atoms with Crippen LogP contribution in [0.3, 0.4) is 0 Å². The van der Waals surface area contributed by atoms with Crippen molar-refractivity contribution in [3.05, 3.63) is 52.7 Å². The summed E-state index contributed by atoms with van der Waals surface area (Å²) in [5.41, 5.74) is -0.385. The van der Waals surface area contributed by atoms with Crippen molar-refractivity contribution < 1.29 is 22.8 Å². The maximum Gasteiger partial charge on any atom is 0.435 e. The van der Waals surface area contributed by atoms with Gasteiger partial charge in [-0.05, 0) is 31.0 Å². The van der Waals surface area contributed by atoms with Crippen LogP contribution in [0.25, 0.3) is 11.3 Å². The van der Waals surface area contributed by atoms with E-state index in [9.17, 15) is 22.8 Å². The van der Waals surface area contributed by atoms with Gasteiger partial charge >= 0.3 is 6.18 Å². The van der Waals surface area contributed by atoms with E-state index >= 15 is 0 Å². The van der Waals surface area contributed by atoms with Gasteiger partial charge in [-0.2, -0.15) is 18.3 Å². The second-order valence-corrected chi connectivity index (χ2v) is 9.22. The largest absolute Gasteiger partial charge is 0.435 e. The van der Waals surface area contributed by atoms with Crippen LogP contribution in [0.15, 0.2) is 30.6 Å². The number of rotatable bonds is 5. The molecule has 1 aliphatic heterocycles. The molecule has 2 fully saturated rings. The standard InChI is InChI=1S/C23H23ClF3N7O2.ClH/c1-32-18(16-12-34(14-3-4-14)31-19(16)23(25,26)27)11-29-20(32)21(35)30-13-2-5-15(17(24)10-13)22(36)33-8-6-28-7-9-33;/h2,5,10-12,14,28H,3-4,6-9H2,1H3,(H,30,35);1H. The highest BCUT2D eigenvalue weighted by Gasteiger charge is 2.40. The number of benzene rings is 1. The Morgan fingerprint density at radius 1 is 1.19 bits per heavy atom. The van der Waals surface area contributed by atoms with Crippen molar-refractivity contribution in [2.75, 3.05) is 31.5 Å². The second-order valence-electron chi connectivity index (χ2n) is 8.82. The lowest BCUT2D eigenvalue weighted by Gasteiger charge is -2.27. The molecule has 2 N–H and O–H groups in total. The van der Waals surface area contributed by atoms with Gasteiger partial charge in [0.1, 0.15) is 0 Å². The smallest absolute Gasteiger partial charge is 0.336 e. The highest BCUT2D eigenvalue weighted by atomic mass is 35.5. The fourth-order valence-electron chi connectivity index (χ4n) is 4.18. The van der Waals surface area contributed by atoms with Crippen LogP contribution in [-0.4, -0.2) is 62.2 Å². The number of amides is 2. The van der Waals surface area contributed by atoms with E-state index in [0.717, 1.165) is 12.8 Å². The van der Waals surface area contributed by atoms with Gasteiger partial charge in [-0.3, -0.25) is 14.3 Å². The first-order chi connectivity index (χ1) is 17.1. The Balaban J connectivity index is 0.00000320. The normalized spacial score (nSPS) is 15.9. The summed E-state index contributed by atoms with van der Waals surface area (Å²) in [7, 11) is 1.47. The highest BCUT2D eigenvalue weighted by molar-refractivity contribution is 6.34. The van der Waals surface area contributed by atoms with Gasteiger partial charge in [-0.15, -0.1) is 12.4 Å². The van der Waals surface area contributed by atoms with Gasteiger partial charge in [0.2, 0.25) is 0 Å². The van der Waals surface area contributed by atoms with Crippen LogP contribution >= 0.6 is 24.0 Å². The zero-order valence-corrected chi connectivity index (χ0v) is 21.3. The van der Waals surface area contributed by atoms with Crippen molar-refractivity contribution in [2.24, 2.45) is 7.05 Å². The number of aromatic nitrogens is 4. The Hall–Kier alpha value is -3.09. The number of nitrogens with one attached hydrogen (secondary N) is 2. The maximum atomic E-state index is 13.6. The number of halogens is 5. The third kappa shape index (κ3) is 5.46. The number of anilines is 1. The molecule has 14 heteroatoms. The van der Waals surface area contributed by atoms with Crippen molar-refractivity contribution in [1.82, 2.24) is 29.5 Å². The van der Waals surface area contributed by atoms with Gasteiger partial charge < -0.3 is 20.1 Å². The van der Waals surface area contributed by atoms with Gasteiger partial charge in [0.05, 0.1) is 34.1 Å². The van der Waals surface area contributed by atoms with Gasteiger partial charge in [0, 0.05) is 45.1 Å². The third-order valence-electron chi connectivity index (χ3n) is 6.25. The maximum absolute atomic E-state index is 13.6. The number of hydrogen-bond acceptors (Lipinski definition) is 5. The van der Waals surface area contributed by atoms with Crippen molar-refractivity contribution in [1.29, 1.82) is 0 Å². The Bertz CT molecular complexity index is 1330. The van der Waals surface area contributed by atoms with Crippen LogP contribution in [-0.2, 0) is 13.2 Å². The molecule has 2 aliphatic rings. The molecule has 3 heterocycles. The van der Waals surface area contributed by atoms with Crippen LogP contribution in [0.1, 0.15) is 45.6 Å². The van der Waals surface area contributed by atoms with Crippen molar-refractivity contribution in [3.8, 4) is 11.3 Å². The van der Waals surface area contributed by atoms with E-state index in [4.69, 9.17) is 11.6 Å². The average Bonchev–Trinajstić information content (AvgIpc) is 3.47. The molecule has 3 aromatic rings. The van der Waals surface area contributed by atoms with Crippen LogP contribution in [0.5, 0.6) is 0 Å². The molecule has 198 valence electrons. The predicted molar refractivity (Wildman–Crippen MR) is 133 cm³/mol. The number of hydrogen-bond donors (Lipinski definition) is 2. The Morgan fingerprint density at radius 2 is 1.89 bits per heavy atom. The zero-order chi connectivity index (χ0) is 25.6. The summed E-state index contributed by atoms with van der Waals surface area (Å²) >= 11 is 6.33. The quantitative estimate of drug-likeness (QED) is 0.494. The highest BCUT2D eigenvalue weighted by Crippen LogP contribution is 2.41. The van der Waals surface area contributed by atoms with E-state index in [2.05, 4.69) is 20.7 Å². The SMILES string of the molecule is Cl.Cn1c(-c2cn(C3CC3)nc2C(F)(F)F)cnc1C(=O)Nc1ccc(C(=O)N2CCNCC2)c(Cl)c1. The first-order valence-corrected chi connectivity index (χ1v) is 11.8. The molecule has 0 radical (unpaired) electrons. The van der Waals surface area contributed by atoms with Crippen LogP contribution < -0.4 is 10.6 Å². The molecule has 0 atom stereocenters. The molecule has 0 bridgehead atoms. The lowest BCUT2D eigenvalue weighted by Crippen LogP contribution is -2.46. The van der Waals surface area contributed by atoms with E-state index < -0.39 is 17.8 Å². The molecule has 1 saturated carbocycles. The van der Waals surface area contributed by atoms with Crippen LogP contribution in [0, 0.1) is 0 Å². The Kier molecular flexibility index (Phi) is 7.54. The summed E-state index contributed by atoms with van der Waals surface area (Å²) in [4.78, 5) is 31.4. The molecule has 1 saturated heterocycles. The average molecular weight is 558 g/mol. The van der Waals surface area contributed by atoms with Gasteiger partial charge in [-0.1, -0.05) is 11.6 Å². The first-order valence-electron chi connectivity index (χ1n) is 11.4. The Labute approximate surface area is 221 Å². The topological polar surface area (TPSA) is 97.1 Å². The van der Waals surface area contributed by atoms with Crippen molar-refractivity contribution in [2.45, 2.75) is 25.1 Å². The van der Waals surface area contributed by atoms with E-state index in [1.165, 1.54) is 40.8 Å². The summed E-state index contributed by atoms with van der Waals surface area (Å²) in [6.07, 6.45) is -0.518. The van der Waals surface area contributed by atoms with Crippen LogP contribution in [0.2, 0.25) is 5.02 Å². The van der Waals surface area contributed by atoms with E-state index in [0.29, 0.717) is 37.4 Å². The fourth-order valence-corrected chi connectivity index (χ4v) is 4.44. The van der Waals surface area contributed by atoms with E-state index in [1.807, 2.05) is 0 Å². The van der Waals surface area contributed by atoms with Gasteiger partial charge in [0.15, 0.2) is 11.5 Å². The third-order valence-corrected chi connectivity index (χ3v) is 6.56. The molecule has 2 amide bonds. The number of nitrogens with zero attached hydrogens (tertiary/aromatic N) is 5. The summed E-state index contributed by atoms with van der Waals surface area (Å²) in [5.74, 6) is -0.918. The van der Waals surface area contributed by atoms with Crippen molar-refractivity contribution >= 4 is 41.5 Å². The number of piperazine rings is 1. The zero-order valence-electron chi connectivity index (χ0n) is 19.7. The molecule has 0 unspecified atom stereocenters. The molecule has 2 aromatic heterocycles. The molecule has 37 heavy (non-hydrogen) atoms. The Morgan fingerprint density at radius 3 is 2.51 bits per heavy atom. The number of carbonyl (C=O) groups is 2. The van der Waals surface area contributed by atoms with E-state index in [1.54, 1.807) is 11.0 Å². The number of carbonyl (C=O) groups excluding carboxylic acids is 2. The second kappa shape index (κ2) is 10.3. The predicted octanol–water partition coefficient (Wildman–Crippen LogP) is 4.01. The van der Waals surface area contributed by atoms with E-state index in [-0.39, 0.29) is 46.5 Å². The summed E-state index contributed by atoms with van der Waals surface area (Å²) in [6, 6.07) is 4.50. The molecule has 0 spiro atoms. The minimum absolute atomic E-state index is 0. The molecule has 1 aromatic carbocycles. The van der Waals surface area contributed by atoms with Crippen LogP contribution in [0.4, 0.5) is 18.9 Å². The summed E-state index contributed by atoms with van der Waals surface area (Å²) in [6.45, 7) is 2.56. The minimum atomic E-state index is -4.65. The van der Waals surface area contributed by atoms with Gasteiger partial charge in [0.25, 0.3) is 11.8 Å². The molecular formula is C23H24Cl2F3N7O2. The molecule has 5 rings (SSSR count). The fraction of sp³-hybridized carbons (Fsp3) is 0.391. The number of alkyl halides is 3. The minimum Gasteiger partial charge on any atom is -0.336 e. The monoisotopic (exact) mass is 557 g/mol. The lowest BCUT2D eigenvalue weighted by molar-refractivity contribution is -0.141. The lowest BCUT2D eigenvalue weighted by atomic mass is 10.1. The first kappa shape index (κ1) is 27.0. The summed E-state index contributed by atoms with van der Waals surface area (Å²) in [5, 5.41) is 9.75. The molecule has 9 nitrogen and oxygen atoms in total. The summed E-state index contributed by atoms with van der Waals surface area (Å²) < 4.78 is 43.5. The van der Waals surface area contributed by atoms with Gasteiger partial charge in [-0.25, -0.2) is 4.98 Å².